The van der Waals surface area contributed by atoms with Gasteiger partial charge in [0.05, 0.1) is 5.56 Å². The summed E-state index contributed by atoms with van der Waals surface area (Å²) in [6.45, 7) is -0.0513. The lowest BCUT2D eigenvalue weighted by Crippen LogP contribution is -2.13. The summed E-state index contributed by atoms with van der Waals surface area (Å²) in [6, 6.07) is 2.48. The Bertz CT molecular complexity index is 381. The monoisotopic (exact) mass is 267 g/mol. The summed E-state index contributed by atoms with van der Waals surface area (Å²) in [5.41, 5.74) is 5.22. The average Bonchev–Trinajstić information content (AvgIpc) is 2.24. The van der Waals surface area contributed by atoms with Gasteiger partial charge in [-0.25, -0.2) is 0 Å². The molecule has 1 aromatic carbocycles. The predicted octanol–water partition coefficient (Wildman–Crippen LogP) is 3.13. The summed E-state index contributed by atoms with van der Waals surface area (Å²) < 4.78 is 37.5. The van der Waals surface area contributed by atoms with Gasteiger partial charge in [0.1, 0.15) is 0 Å². The van der Waals surface area contributed by atoms with Crippen LogP contribution in [-0.4, -0.2) is 11.7 Å². The molecule has 0 bridgehead atoms. The molecule has 17 heavy (non-hydrogen) atoms. The lowest BCUT2D eigenvalue weighted by atomic mass is 10.0. The Balaban J connectivity index is 2.98. The van der Waals surface area contributed by atoms with Crippen LogP contribution in [0.5, 0.6) is 0 Å². The van der Waals surface area contributed by atoms with Crippen molar-refractivity contribution in [3.63, 3.8) is 0 Å². The summed E-state index contributed by atoms with van der Waals surface area (Å²) in [5.74, 6) is 0. The lowest BCUT2D eigenvalue weighted by molar-refractivity contribution is -0.137. The second-order valence-electron chi connectivity index (χ2n) is 3.71. The van der Waals surface area contributed by atoms with E-state index in [2.05, 4.69) is 0 Å². The summed E-state index contributed by atoms with van der Waals surface area (Å²) in [6.07, 6.45) is -3.60. The minimum Gasteiger partial charge on any atom is -0.396 e. The molecule has 0 unspecified atom stereocenters. The molecule has 0 aliphatic carbocycles. The van der Waals surface area contributed by atoms with Gasteiger partial charge in [-0.1, -0.05) is 11.6 Å². The SMILES string of the molecule is N[C@H](CCCO)c1cc(C(F)(F)F)ccc1Cl. The van der Waals surface area contributed by atoms with Crippen molar-refractivity contribution < 1.29 is 18.3 Å². The van der Waals surface area contributed by atoms with Crippen LogP contribution in [0.2, 0.25) is 5.02 Å². The maximum Gasteiger partial charge on any atom is 0.416 e. The van der Waals surface area contributed by atoms with E-state index in [0.717, 1.165) is 12.1 Å². The molecule has 96 valence electrons. The molecular weight excluding hydrogens is 255 g/mol. The molecule has 3 N–H and O–H groups in total. The van der Waals surface area contributed by atoms with Gasteiger partial charge in [-0.3, -0.25) is 0 Å². The second-order valence-corrected chi connectivity index (χ2v) is 4.11. The number of benzene rings is 1. The molecular formula is C11H13ClF3NO. The van der Waals surface area contributed by atoms with Crippen LogP contribution < -0.4 is 5.73 Å². The smallest absolute Gasteiger partial charge is 0.396 e. The van der Waals surface area contributed by atoms with Crippen LogP contribution in [0.1, 0.15) is 30.0 Å². The topological polar surface area (TPSA) is 46.2 Å². The zero-order chi connectivity index (χ0) is 13.1. The zero-order valence-corrected chi connectivity index (χ0v) is 9.72. The van der Waals surface area contributed by atoms with Crippen molar-refractivity contribution in [1.29, 1.82) is 0 Å². The van der Waals surface area contributed by atoms with Crippen molar-refractivity contribution in [2.45, 2.75) is 25.1 Å². The van der Waals surface area contributed by atoms with Gasteiger partial charge in [-0.05, 0) is 36.6 Å². The van der Waals surface area contributed by atoms with Gasteiger partial charge in [0.25, 0.3) is 0 Å². The zero-order valence-electron chi connectivity index (χ0n) is 8.97. The van der Waals surface area contributed by atoms with Crippen LogP contribution in [0.25, 0.3) is 0 Å². The molecule has 1 aromatic rings. The minimum atomic E-state index is -4.41. The highest BCUT2D eigenvalue weighted by atomic mass is 35.5. The second kappa shape index (κ2) is 5.71. The molecule has 0 heterocycles. The minimum absolute atomic E-state index is 0.0513. The van der Waals surface area contributed by atoms with Crippen LogP contribution in [-0.2, 0) is 6.18 Å². The molecule has 0 radical (unpaired) electrons. The Kier molecular flexibility index (Phi) is 4.80. The van der Waals surface area contributed by atoms with E-state index in [1.54, 1.807) is 0 Å². The normalized spacial score (nSPS) is 13.8. The van der Waals surface area contributed by atoms with E-state index in [9.17, 15) is 13.2 Å². The van der Waals surface area contributed by atoms with Gasteiger partial charge in [0.15, 0.2) is 0 Å². The molecule has 0 spiro atoms. The fourth-order valence-electron chi connectivity index (χ4n) is 1.47. The molecule has 1 rings (SSSR count). The maximum atomic E-state index is 12.5. The van der Waals surface area contributed by atoms with Crippen molar-refractivity contribution in [2.24, 2.45) is 5.73 Å². The number of nitrogens with two attached hydrogens (primary N) is 1. The predicted molar refractivity (Wildman–Crippen MR) is 59.7 cm³/mol. The van der Waals surface area contributed by atoms with Crippen molar-refractivity contribution in [3.05, 3.63) is 34.3 Å². The van der Waals surface area contributed by atoms with E-state index >= 15 is 0 Å². The standard InChI is InChI=1S/C11H13ClF3NO/c12-9-4-3-7(11(13,14)15)6-8(9)10(16)2-1-5-17/h3-4,6,10,17H,1-2,5,16H2/t10-/m1/s1. The van der Waals surface area contributed by atoms with Crippen molar-refractivity contribution >= 4 is 11.6 Å². The van der Waals surface area contributed by atoms with Crippen LogP contribution >= 0.6 is 11.6 Å². The molecule has 0 saturated heterocycles. The first-order chi connectivity index (χ1) is 7.86. The summed E-state index contributed by atoms with van der Waals surface area (Å²) in [7, 11) is 0. The van der Waals surface area contributed by atoms with E-state index in [1.807, 2.05) is 0 Å². The molecule has 0 aliphatic heterocycles. The molecule has 0 fully saturated rings. The number of alkyl halides is 3. The third-order valence-electron chi connectivity index (χ3n) is 2.40. The largest absolute Gasteiger partial charge is 0.416 e. The number of aliphatic hydroxyl groups is 1. The van der Waals surface area contributed by atoms with Gasteiger partial charge >= 0.3 is 6.18 Å². The Labute approximate surface area is 102 Å². The molecule has 0 amide bonds. The fourth-order valence-corrected chi connectivity index (χ4v) is 1.73. The number of halogens is 4. The van der Waals surface area contributed by atoms with Gasteiger partial charge < -0.3 is 10.8 Å². The first kappa shape index (κ1) is 14.3. The average molecular weight is 268 g/mol. The summed E-state index contributed by atoms with van der Waals surface area (Å²) in [4.78, 5) is 0. The van der Waals surface area contributed by atoms with Gasteiger partial charge in [0, 0.05) is 17.7 Å². The van der Waals surface area contributed by atoms with E-state index in [4.69, 9.17) is 22.4 Å². The molecule has 6 heteroatoms. The van der Waals surface area contributed by atoms with Gasteiger partial charge in [-0.2, -0.15) is 13.2 Å². The van der Waals surface area contributed by atoms with Crippen LogP contribution in [0.15, 0.2) is 18.2 Å². The number of hydrogen-bond donors (Lipinski definition) is 2. The third kappa shape index (κ3) is 3.87. The molecule has 0 aliphatic rings. The maximum absolute atomic E-state index is 12.5. The van der Waals surface area contributed by atoms with Gasteiger partial charge in [-0.15, -0.1) is 0 Å². The van der Waals surface area contributed by atoms with Crippen molar-refractivity contribution in [1.82, 2.24) is 0 Å². The molecule has 0 saturated carbocycles. The van der Waals surface area contributed by atoms with Crippen LogP contribution in [0, 0.1) is 0 Å². The highest BCUT2D eigenvalue weighted by Crippen LogP contribution is 2.34. The molecule has 2 nitrogen and oxygen atoms in total. The van der Waals surface area contributed by atoms with E-state index in [0.29, 0.717) is 12.8 Å². The Morgan fingerprint density at radius 3 is 2.53 bits per heavy atom. The third-order valence-corrected chi connectivity index (χ3v) is 2.74. The number of rotatable bonds is 4. The van der Waals surface area contributed by atoms with E-state index in [1.165, 1.54) is 6.07 Å². The number of aliphatic hydroxyl groups excluding tert-OH is 1. The van der Waals surface area contributed by atoms with Gasteiger partial charge in [0.2, 0.25) is 0 Å². The molecule has 0 aromatic heterocycles. The Morgan fingerprint density at radius 2 is 2.00 bits per heavy atom. The van der Waals surface area contributed by atoms with E-state index in [-0.39, 0.29) is 17.2 Å². The van der Waals surface area contributed by atoms with E-state index < -0.39 is 17.8 Å². The Hall–Kier alpha value is -0.780. The lowest BCUT2D eigenvalue weighted by Gasteiger charge is -2.15. The number of hydrogen-bond acceptors (Lipinski definition) is 2. The fraction of sp³-hybridized carbons (Fsp3) is 0.455. The highest BCUT2D eigenvalue weighted by Gasteiger charge is 2.31. The van der Waals surface area contributed by atoms with Crippen molar-refractivity contribution in [2.75, 3.05) is 6.61 Å². The quantitative estimate of drug-likeness (QED) is 0.880. The van der Waals surface area contributed by atoms with Crippen LogP contribution in [0.3, 0.4) is 0 Å². The van der Waals surface area contributed by atoms with Crippen LogP contribution in [0.4, 0.5) is 13.2 Å². The summed E-state index contributed by atoms with van der Waals surface area (Å²) >= 11 is 5.81. The first-order valence-electron chi connectivity index (χ1n) is 5.09. The highest BCUT2D eigenvalue weighted by molar-refractivity contribution is 6.31. The summed E-state index contributed by atoms with van der Waals surface area (Å²) in [5, 5.41) is 8.86. The van der Waals surface area contributed by atoms with Crippen molar-refractivity contribution in [3.8, 4) is 0 Å². The first-order valence-corrected chi connectivity index (χ1v) is 5.47. The molecule has 1 atom stereocenters. The Morgan fingerprint density at radius 1 is 1.35 bits per heavy atom.